The maximum Gasteiger partial charge on any atom is 0.210 e. The van der Waals surface area contributed by atoms with Gasteiger partial charge in [0.1, 0.15) is 0 Å². The fraction of sp³-hybridized carbons (Fsp3) is 0.417. The fourth-order valence-corrected chi connectivity index (χ4v) is 3.40. The van der Waals surface area contributed by atoms with Gasteiger partial charge in [0.2, 0.25) is 14.2 Å². The van der Waals surface area contributed by atoms with Gasteiger partial charge in [-0.2, -0.15) is 0 Å². The molecule has 0 aliphatic carbocycles. The molecule has 0 fully saturated rings. The number of thiazole rings is 1. The number of hydrogen-bond acceptors (Lipinski definition) is 4. The Morgan fingerprint density at radius 3 is 2.41 bits per heavy atom. The first kappa shape index (κ1) is 12.5. The van der Waals surface area contributed by atoms with Gasteiger partial charge in [0, 0.05) is 6.26 Å². The van der Waals surface area contributed by atoms with Crippen LogP contribution in [0.2, 0.25) is 0 Å². The minimum atomic E-state index is -3.21. The van der Waals surface area contributed by atoms with Gasteiger partial charge in [-0.1, -0.05) is 26.8 Å². The van der Waals surface area contributed by atoms with Crippen molar-refractivity contribution in [1.29, 1.82) is 0 Å². The van der Waals surface area contributed by atoms with E-state index >= 15 is 0 Å². The zero-order chi connectivity index (χ0) is 12.8. The maximum atomic E-state index is 11.4. The number of aromatic nitrogens is 1. The van der Waals surface area contributed by atoms with Gasteiger partial charge in [0.15, 0.2) is 0 Å². The van der Waals surface area contributed by atoms with Crippen LogP contribution in [0.5, 0.6) is 0 Å². The molecule has 0 spiro atoms. The Morgan fingerprint density at radius 1 is 1.24 bits per heavy atom. The lowest BCUT2D eigenvalue weighted by molar-refractivity contribution is 0.591. The topological polar surface area (TPSA) is 47.0 Å². The summed E-state index contributed by atoms with van der Waals surface area (Å²) in [5, 5.41) is 0. The predicted molar refractivity (Wildman–Crippen MR) is 71.4 cm³/mol. The van der Waals surface area contributed by atoms with Gasteiger partial charge in [-0.15, -0.1) is 11.3 Å². The first-order chi connectivity index (χ1) is 7.68. The summed E-state index contributed by atoms with van der Waals surface area (Å²) >= 11 is 1.24. The van der Waals surface area contributed by atoms with Crippen molar-refractivity contribution in [1.82, 2.24) is 4.98 Å². The lowest BCUT2D eigenvalue weighted by Crippen LogP contribution is -2.10. The van der Waals surface area contributed by atoms with E-state index in [1.54, 1.807) is 0 Å². The van der Waals surface area contributed by atoms with Gasteiger partial charge in [-0.25, -0.2) is 13.4 Å². The molecule has 0 N–H and O–H groups in total. The van der Waals surface area contributed by atoms with Crippen molar-refractivity contribution in [2.45, 2.75) is 30.5 Å². The molecule has 2 aromatic rings. The second-order valence-electron chi connectivity index (χ2n) is 5.18. The Balaban J connectivity index is 2.64. The molecule has 0 saturated heterocycles. The highest BCUT2D eigenvalue weighted by Gasteiger charge is 2.17. The molecule has 3 nitrogen and oxygen atoms in total. The molecule has 1 aromatic carbocycles. The second-order valence-corrected chi connectivity index (χ2v) is 8.40. The molecule has 0 radical (unpaired) electrons. The molecule has 92 valence electrons. The van der Waals surface area contributed by atoms with E-state index in [1.807, 2.05) is 18.2 Å². The van der Waals surface area contributed by atoms with E-state index in [-0.39, 0.29) is 9.75 Å². The van der Waals surface area contributed by atoms with Crippen molar-refractivity contribution in [3.05, 3.63) is 23.8 Å². The van der Waals surface area contributed by atoms with Crippen LogP contribution >= 0.6 is 11.3 Å². The Kier molecular flexibility index (Phi) is 2.78. The number of hydrogen-bond donors (Lipinski definition) is 0. The smallest absolute Gasteiger partial charge is 0.210 e. The Labute approximate surface area is 105 Å². The van der Waals surface area contributed by atoms with E-state index < -0.39 is 9.84 Å². The third-order valence-electron chi connectivity index (χ3n) is 2.55. The van der Waals surface area contributed by atoms with Crippen molar-refractivity contribution in [3.63, 3.8) is 0 Å². The summed E-state index contributed by atoms with van der Waals surface area (Å²) in [6.45, 7) is 6.39. The van der Waals surface area contributed by atoms with Crippen LogP contribution in [0.15, 0.2) is 22.5 Å². The van der Waals surface area contributed by atoms with Crippen LogP contribution in [-0.2, 0) is 15.3 Å². The molecular formula is C12H15NO2S2. The predicted octanol–water partition coefficient (Wildman–Crippen LogP) is 3.00. The fourth-order valence-electron chi connectivity index (χ4n) is 1.53. The molecule has 1 aromatic heterocycles. The van der Waals surface area contributed by atoms with Gasteiger partial charge >= 0.3 is 0 Å². The van der Waals surface area contributed by atoms with Crippen LogP contribution in [0.1, 0.15) is 26.3 Å². The molecule has 2 rings (SSSR count). The first-order valence-corrected chi connectivity index (χ1v) is 8.00. The van der Waals surface area contributed by atoms with E-state index in [1.165, 1.54) is 23.2 Å². The van der Waals surface area contributed by atoms with Gasteiger partial charge in [-0.3, -0.25) is 0 Å². The highest BCUT2D eigenvalue weighted by molar-refractivity contribution is 7.92. The summed E-state index contributed by atoms with van der Waals surface area (Å²) in [6.07, 6.45) is 1.19. The molecule has 1 heterocycles. The van der Waals surface area contributed by atoms with Crippen LogP contribution in [-0.4, -0.2) is 19.7 Å². The number of sulfone groups is 1. The summed E-state index contributed by atoms with van der Waals surface area (Å²) in [6, 6.07) is 5.93. The molecule has 0 atom stereocenters. The van der Waals surface area contributed by atoms with Gasteiger partial charge in [0.05, 0.1) is 10.2 Å². The maximum absolute atomic E-state index is 11.4. The average molecular weight is 269 g/mol. The third kappa shape index (κ3) is 2.50. The van der Waals surface area contributed by atoms with Gasteiger partial charge in [0.25, 0.3) is 0 Å². The van der Waals surface area contributed by atoms with Crippen LogP contribution in [0.25, 0.3) is 10.2 Å². The first-order valence-electron chi connectivity index (χ1n) is 5.29. The van der Waals surface area contributed by atoms with Gasteiger partial charge in [-0.05, 0) is 23.1 Å². The zero-order valence-corrected chi connectivity index (χ0v) is 11.9. The van der Waals surface area contributed by atoms with E-state index in [9.17, 15) is 8.42 Å². The number of benzene rings is 1. The standard InChI is InChI=1S/C12H15NO2S2/c1-12(2,3)8-5-6-9-10(7-8)16-11(13-9)17(4,14)15/h5-7H,1-4H3. The van der Waals surface area contributed by atoms with Gasteiger partial charge < -0.3 is 0 Å². The lowest BCUT2D eigenvalue weighted by atomic mass is 9.87. The highest BCUT2D eigenvalue weighted by Crippen LogP contribution is 2.30. The molecule has 17 heavy (non-hydrogen) atoms. The quantitative estimate of drug-likeness (QED) is 0.799. The molecule has 0 aliphatic heterocycles. The molecule has 0 amide bonds. The van der Waals surface area contributed by atoms with Crippen LogP contribution in [0, 0.1) is 0 Å². The molecular weight excluding hydrogens is 254 g/mol. The average Bonchev–Trinajstić information content (AvgIpc) is 2.57. The molecule has 0 aliphatic rings. The third-order valence-corrected chi connectivity index (χ3v) is 5.25. The number of rotatable bonds is 1. The van der Waals surface area contributed by atoms with Crippen LogP contribution in [0.4, 0.5) is 0 Å². The summed E-state index contributed by atoms with van der Waals surface area (Å²) in [4.78, 5) is 4.14. The summed E-state index contributed by atoms with van der Waals surface area (Å²) in [7, 11) is -3.21. The number of fused-ring (bicyclic) bond motifs is 1. The second kappa shape index (κ2) is 3.78. The number of nitrogens with zero attached hydrogens (tertiary/aromatic N) is 1. The minimum absolute atomic E-state index is 0.0590. The lowest BCUT2D eigenvalue weighted by Gasteiger charge is -2.18. The summed E-state index contributed by atoms with van der Waals surface area (Å²) in [5.41, 5.74) is 2.00. The largest absolute Gasteiger partial charge is 0.225 e. The SMILES string of the molecule is CC(C)(C)c1ccc2nc(S(C)(=O)=O)sc2c1. The van der Waals surface area contributed by atoms with Crippen molar-refractivity contribution in [2.75, 3.05) is 6.26 Å². The molecule has 0 saturated carbocycles. The monoisotopic (exact) mass is 269 g/mol. The van der Waals surface area contributed by atoms with Crippen molar-refractivity contribution >= 4 is 31.4 Å². The van der Waals surface area contributed by atoms with Crippen LogP contribution < -0.4 is 0 Å². The molecule has 0 unspecified atom stereocenters. The molecule has 5 heteroatoms. The van der Waals surface area contributed by atoms with Crippen LogP contribution in [0.3, 0.4) is 0 Å². The normalized spacial score (nSPS) is 13.2. The van der Waals surface area contributed by atoms with E-state index in [0.717, 1.165) is 10.2 Å². The van der Waals surface area contributed by atoms with E-state index in [4.69, 9.17) is 0 Å². The Bertz CT molecular complexity index is 663. The Hall–Kier alpha value is -0.940. The Morgan fingerprint density at radius 2 is 1.88 bits per heavy atom. The molecule has 0 bridgehead atoms. The van der Waals surface area contributed by atoms with E-state index in [2.05, 4.69) is 25.8 Å². The highest BCUT2D eigenvalue weighted by atomic mass is 32.2. The summed E-state index contributed by atoms with van der Waals surface area (Å²) in [5.74, 6) is 0. The minimum Gasteiger partial charge on any atom is -0.225 e. The van der Waals surface area contributed by atoms with Crippen molar-refractivity contribution < 1.29 is 8.42 Å². The van der Waals surface area contributed by atoms with Crippen molar-refractivity contribution in [2.24, 2.45) is 0 Å². The zero-order valence-electron chi connectivity index (χ0n) is 10.3. The van der Waals surface area contributed by atoms with E-state index in [0.29, 0.717) is 0 Å². The van der Waals surface area contributed by atoms with Crippen molar-refractivity contribution in [3.8, 4) is 0 Å². The summed E-state index contributed by atoms with van der Waals surface area (Å²) < 4.78 is 24.0.